The van der Waals surface area contributed by atoms with Crippen molar-refractivity contribution >= 4 is 17.6 Å². The first kappa shape index (κ1) is 7.62. The van der Waals surface area contributed by atoms with Crippen LogP contribution in [0.1, 0.15) is 6.93 Å². The van der Waals surface area contributed by atoms with Crippen LogP contribution < -0.4 is 0 Å². The molecule has 0 fully saturated rings. The second-order valence-corrected chi connectivity index (χ2v) is 2.83. The molecule has 0 saturated heterocycles. The van der Waals surface area contributed by atoms with E-state index < -0.39 is 11.3 Å². The van der Waals surface area contributed by atoms with Gasteiger partial charge in [0.2, 0.25) is 0 Å². The molecule has 0 bridgehead atoms. The van der Waals surface area contributed by atoms with Crippen molar-refractivity contribution in [1.29, 1.82) is 0 Å². The molecule has 0 heterocycles. The van der Waals surface area contributed by atoms with Crippen molar-refractivity contribution in [3.8, 4) is 0 Å². The summed E-state index contributed by atoms with van der Waals surface area (Å²) < 4.78 is 7.28. The van der Waals surface area contributed by atoms with Gasteiger partial charge in [0.05, 0.1) is 1.37 Å². The maximum Gasteiger partial charge on any atom is 0.321 e. The highest BCUT2D eigenvalue weighted by Crippen LogP contribution is 2.07. The number of hydrogen-bond acceptors (Lipinski definition) is 1. The van der Waals surface area contributed by atoms with Gasteiger partial charge >= 0.3 is 5.97 Å². The Labute approximate surface area is 77.2 Å². The first-order valence-electron chi connectivity index (χ1n) is 3.98. The van der Waals surface area contributed by atoms with Crippen molar-refractivity contribution in [2.45, 2.75) is 11.8 Å². The van der Waals surface area contributed by atoms with Crippen LogP contribution in [0, 0.1) is 0 Å². The fraction of sp³-hybridized carbons (Fsp3) is 0.222. The lowest BCUT2D eigenvalue weighted by Gasteiger charge is -2.02. The van der Waals surface area contributed by atoms with Crippen LogP contribution in [0.3, 0.4) is 0 Å². The summed E-state index contributed by atoms with van der Waals surface area (Å²) in [6.45, 7) is 0. The molecule has 1 aromatic rings. The third-order valence-electron chi connectivity index (χ3n) is 1.43. The highest BCUT2D eigenvalue weighted by Gasteiger charge is 2.13. The zero-order valence-electron chi connectivity index (χ0n) is 7.33. The van der Waals surface area contributed by atoms with Gasteiger partial charge < -0.3 is 5.11 Å². The van der Waals surface area contributed by atoms with Gasteiger partial charge in [0, 0.05) is 0 Å². The molecule has 12 heavy (non-hydrogen) atoms. The quantitative estimate of drug-likeness (QED) is 0.731. The summed E-state index contributed by atoms with van der Waals surface area (Å²) in [5, 5.41) is 6.63. The number of rotatable bonds is 3. The van der Waals surface area contributed by atoms with Gasteiger partial charge in [0.25, 0.3) is 0 Å². The van der Waals surface area contributed by atoms with Crippen LogP contribution in [0.2, 0.25) is 0 Å². The van der Waals surface area contributed by atoms with Crippen LogP contribution in [0.5, 0.6) is 0 Å². The predicted molar refractivity (Wildman–Crippen MR) is 47.4 cm³/mol. The number of benzene rings is 1. The van der Waals surface area contributed by atoms with Crippen molar-refractivity contribution < 1.29 is 11.3 Å². The van der Waals surface area contributed by atoms with Crippen LogP contribution in [0.15, 0.2) is 30.3 Å². The van der Waals surface area contributed by atoms with Crippen molar-refractivity contribution in [3.63, 3.8) is 0 Å². The monoisotopic (exact) mass is 185 g/mol. The molecule has 3 heteroatoms. The van der Waals surface area contributed by atoms with Gasteiger partial charge in [0.1, 0.15) is 5.35 Å². The molecule has 0 amide bonds. The fourth-order valence-corrected chi connectivity index (χ4v) is 1.00. The number of alkyl halides is 1. The van der Waals surface area contributed by atoms with Gasteiger partial charge in [-0.25, -0.2) is 0 Å². The Bertz CT molecular complexity index is 298. The Morgan fingerprint density at radius 3 is 2.67 bits per heavy atom. The van der Waals surface area contributed by atoms with Crippen molar-refractivity contribution in [2.24, 2.45) is 0 Å². The molecule has 64 valence electrons. The highest BCUT2D eigenvalue weighted by atomic mass is 35.5. The van der Waals surface area contributed by atoms with Crippen molar-refractivity contribution in [2.75, 3.05) is 0 Å². The van der Waals surface area contributed by atoms with E-state index in [1.807, 2.05) is 6.07 Å². The van der Waals surface area contributed by atoms with Gasteiger partial charge in [-0.3, -0.25) is 4.79 Å². The van der Waals surface area contributed by atoms with Crippen molar-refractivity contribution in [1.82, 2.24) is 0 Å². The van der Waals surface area contributed by atoms with Gasteiger partial charge in [-0.2, -0.15) is 0 Å². The summed E-state index contributed by atoms with van der Waals surface area (Å²) in [6.07, 6.45) is 0.00469. The molecule has 0 aliphatic carbocycles. The smallest absolute Gasteiger partial charge is 0.321 e. The molecule has 0 spiro atoms. The van der Waals surface area contributed by atoms with E-state index in [2.05, 4.69) is 0 Å². The standard InChI is InChI=1S/C9H9ClO2/c10-8(9(11)12)6-7-4-2-1-3-5-7/h1-5,8H,6H2,(H,11,12)/t8-/m1/s1/i8D. The lowest BCUT2D eigenvalue weighted by atomic mass is 10.1. The number of carboxylic acid groups (broad SMARTS) is 1. The number of hydrogen-bond donors (Lipinski definition) is 1. The molecule has 1 atom stereocenters. The molecule has 0 unspecified atom stereocenters. The van der Waals surface area contributed by atoms with E-state index in [0.29, 0.717) is 0 Å². The van der Waals surface area contributed by atoms with Gasteiger partial charge in [-0.05, 0) is 12.0 Å². The summed E-state index contributed by atoms with van der Waals surface area (Å²) in [5.41, 5.74) is 0.745. The van der Waals surface area contributed by atoms with E-state index in [1.54, 1.807) is 24.3 Å². The van der Waals surface area contributed by atoms with Crippen LogP contribution in [0.25, 0.3) is 0 Å². The molecule has 0 aliphatic heterocycles. The predicted octanol–water partition coefficient (Wildman–Crippen LogP) is 1.92. The van der Waals surface area contributed by atoms with E-state index in [4.69, 9.17) is 18.1 Å². The zero-order chi connectivity index (χ0) is 9.90. The number of carboxylic acids is 1. The minimum atomic E-state index is -1.96. The molecular formula is C9H9ClO2. The van der Waals surface area contributed by atoms with Crippen molar-refractivity contribution in [3.05, 3.63) is 35.9 Å². The largest absolute Gasteiger partial charge is 0.480 e. The Balaban J connectivity index is 2.75. The average Bonchev–Trinajstić information content (AvgIpc) is 2.05. The third kappa shape index (κ3) is 2.55. The Hall–Kier alpha value is -1.02. The second-order valence-electron chi connectivity index (χ2n) is 2.37. The van der Waals surface area contributed by atoms with Gasteiger partial charge in [0.15, 0.2) is 0 Å². The van der Waals surface area contributed by atoms with E-state index in [1.165, 1.54) is 0 Å². The molecule has 1 aromatic carbocycles. The Kier molecular flexibility index (Phi) is 2.61. The lowest BCUT2D eigenvalue weighted by molar-refractivity contribution is -0.136. The van der Waals surface area contributed by atoms with E-state index in [-0.39, 0.29) is 6.42 Å². The van der Waals surface area contributed by atoms with E-state index in [0.717, 1.165) is 5.56 Å². The van der Waals surface area contributed by atoms with Crippen LogP contribution in [-0.4, -0.2) is 16.4 Å². The minimum Gasteiger partial charge on any atom is -0.480 e. The number of aliphatic carboxylic acids is 1. The summed E-state index contributed by atoms with van der Waals surface area (Å²) >= 11 is 5.47. The topological polar surface area (TPSA) is 37.3 Å². The second kappa shape index (κ2) is 4.12. The molecule has 0 aliphatic rings. The van der Waals surface area contributed by atoms with E-state index in [9.17, 15) is 4.79 Å². The van der Waals surface area contributed by atoms with Crippen LogP contribution >= 0.6 is 11.6 Å². The summed E-state index contributed by atoms with van der Waals surface area (Å²) in [4.78, 5) is 10.5. The summed E-state index contributed by atoms with van der Waals surface area (Å²) in [7, 11) is 0. The number of halogens is 1. The molecule has 1 N–H and O–H groups in total. The molecular weight excluding hydrogens is 176 g/mol. The SMILES string of the molecule is [2H][C@@](Cl)(Cc1ccccc1)C(=O)O. The maximum atomic E-state index is 10.5. The Morgan fingerprint density at radius 1 is 1.58 bits per heavy atom. The highest BCUT2D eigenvalue weighted by molar-refractivity contribution is 6.29. The summed E-state index contributed by atoms with van der Waals surface area (Å²) in [5.74, 6) is -1.32. The molecule has 0 radical (unpaired) electrons. The Morgan fingerprint density at radius 2 is 2.17 bits per heavy atom. The average molecular weight is 186 g/mol. The molecule has 0 aromatic heterocycles. The molecule has 1 rings (SSSR count). The normalized spacial score (nSPS) is 16.2. The zero-order valence-corrected chi connectivity index (χ0v) is 7.08. The summed E-state index contributed by atoms with van der Waals surface area (Å²) in [6, 6.07) is 8.88. The number of carbonyl (C=O) groups is 1. The van der Waals surface area contributed by atoms with Gasteiger partial charge in [-0.15, -0.1) is 11.6 Å². The first-order valence-corrected chi connectivity index (χ1v) is 3.86. The molecule has 0 saturated carbocycles. The fourth-order valence-electron chi connectivity index (χ4n) is 0.851. The first-order chi connectivity index (χ1) is 6.02. The molecule has 2 nitrogen and oxygen atoms in total. The van der Waals surface area contributed by atoms with Crippen LogP contribution in [-0.2, 0) is 11.2 Å². The minimum absolute atomic E-state index is 0.00469. The maximum absolute atomic E-state index is 10.5. The van der Waals surface area contributed by atoms with Gasteiger partial charge in [-0.1, -0.05) is 30.3 Å². The van der Waals surface area contributed by atoms with Crippen LogP contribution in [0.4, 0.5) is 0 Å². The van der Waals surface area contributed by atoms with E-state index >= 15 is 0 Å². The third-order valence-corrected chi connectivity index (χ3v) is 1.73. The lowest BCUT2D eigenvalue weighted by Crippen LogP contribution is -2.15.